The van der Waals surface area contributed by atoms with E-state index in [1.165, 1.54) is 12.7 Å². The van der Waals surface area contributed by atoms with E-state index in [-0.39, 0.29) is 6.03 Å². The molecule has 1 aromatic rings. The van der Waals surface area contributed by atoms with Gasteiger partial charge in [0.15, 0.2) is 0 Å². The summed E-state index contributed by atoms with van der Waals surface area (Å²) in [5.41, 5.74) is 0.709. The molecule has 1 unspecified atom stereocenters. The topological polar surface area (TPSA) is 76.4 Å². The average Bonchev–Trinajstić information content (AvgIpc) is 2.91. The summed E-state index contributed by atoms with van der Waals surface area (Å²) in [4.78, 5) is 11.5. The normalized spacial score (nSPS) is 19.4. The predicted octanol–water partition coefficient (Wildman–Crippen LogP) is 1.43. The molecule has 6 heteroatoms. The van der Waals surface area contributed by atoms with Gasteiger partial charge in [-0.2, -0.15) is 0 Å². The molecule has 2 amide bonds. The van der Waals surface area contributed by atoms with Crippen LogP contribution in [0.5, 0.6) is 0 Å². The van der Waals surface area contributed by atoms with E-state index in [0.29, 0.717) is 24.9 Å². The number of carbonyl (C=O) groups is 1. The summed E-state index contributed by atoms with van der Waals surface area (Å²) < 4.78 is 10.3. The Balaban J connectivity index is 1.54. The Morgan fingerprint density at radius 3 is 3.11 bits per heavy atom. The lowest BCUT2D eigenvalue weighted by molar-refractivity contribution is 0.0120. The molecule has 100 valence electrons. The zero-order chi connectivity index (χ0) is 12.6. The summed E-state index contributed by atoms with van der Waals surface area (Å²) in [6, 6.07) is 1.53. The zero-order valence-electron chi connectivity index (χ0n) is 10.4. The maximum absolute atomic E-state index is 11.5. The lowest BCUT2D eigenvalue weighted by Gasteiger charge is -2.22. The largest absolute Gasteiger partial charge is 0.378 e. The summed E-state index contributed by atoms with van der Waals surface area (Å²) in [7, 11) is 0. The molecule has 0 aliphatic carbocycles. The molecule has 2 N–H and O–H groups in total. The number of ether oxygens (including phenoxy) is 1. The standard InChI is InChI=1S/C12H19N3O3/c16-12(14-9-10-5-8-18-15-10)13-6-4-11-3-1-2-7-17-11/h5,8,11H,1-4,6-7,9H2,(H2,13,14,16). The predicted molar refractivity (Wildman–Crippen MR) is 64.9 cm³/mol. The molecule has 6 nitrogen and oxygen atoms in total. The van der Waals surface area contributed by atoms with Crippen LogP contribution in [0.1, 0.15) is 31.4 Å². The summed E-state index contributed by atoms with van der Waals surface area (Å²) in [6.07, 6.45) is 6.13. The van der Waals surface area contributed by atoms with Crippen molar-refractivity contribution < 1.29 is 14.1 Å². The van der Waals surface area contributed by atoms with E-state index in [9.17, 15) is 4.79 Å². The fourth-order valence-electron chi connectivity index (χ4n) is 1.94. The molecule has 1 aliphatic heterocycles. The Morgan fingerprint density at radius 2 is 2.39 bits per heavy atom. The first-order chi connectivity index (χ1) is 8.84. The highest BCUT2D eigenvalue weighted by Crippen LogP contribution is 2.14. The second-order valence-electron chi connectivity index (χ2n) is 4.38. The number of aromatic nitrogens is 1. The van der Waals surface area contributed by atoms with Crippen LogP contribution in [0.4, 0.5) is 4.79 Å². The van der Waals surface area contributed by atoms with Crippen molar-refractivity contribution in [3.8, 4) is 0 Å². The van der Waals surface area contributed by atoms with Crippen molar-refractivity contribution in [3.63, 3.8) is 0 Å². The van der Waals surface area contributed by atoms with Gasteiger partial charge < -0.3 is 19.9 Å². The molecule has 1 aromatic heterocycles. The second kappa shape index (κ2) is 7.00. The molecule has 0 spiro atoms. The second-order valence-corrected chi connectivity index (χ2v) is 4.38. The third-order valence-electron chi connectivity index (χ3n) is 2.95. The Morgan fingerprint density at radius 1 is 1.44 bits per heavy atom. The highest BCUT2D eigenvalue weighted by atomic mass is 16.5. The summed E-state index contributed by atoms with van der Waals surface area (Å²) in [5, 5.41) is 9.22. The van der Waals surface area contributed by atoms with Crippen LogP contribution in [0.2, 0.25) is 0 Å². The highest BCUT2D eigenvalue weighted by molar-refractivity contribution is 5.73. The molecule has 1 aliphatic rings. The summed E-state index contributed by atoms with van der Waals surface area (Å²) >= 11 is 0. The molecular formula is C12H19N3O3. The van der Waals surface area contributed by atoms with Gasteiger partial charge in [-0.1, -0.05) is 5.16 Å². The minimum absolute atomic E-state index is 0.186. The van der Waals surface area contributed by atoms with Gasteiger partial charge in [0, 0.05) is 19.2 Å². The van der Waals surface area contributed by atoms with Crippen molar-refractivity contribution in [2.75, 3.05) is 13.2 Å². The van der Waals surface area contributed by atoms with E-state index in [2.05, 4.69) is 20.3 Å². The van der Waals surface area contributed by atoms with Crippen molar-refractivity contribution >= 4 is 6.03 Å². The first-order valence-electron chi connectivity index (χ1n) is 6.37. The van der Waals surface area contributed by atoms with E-state index in [1.54, 1.807) is 6.07 Å². The van der Waals surface area contributed by atoms with E-state index >= 15 is 0 Å². The van der Waals surface area contributed by atoms with Crippen LogP contribution < -0.4 is 10.6 Å². The van der Waals surface area contributed by atoms with Gasteiger partial charge in [0.05, 0.1) is 12.6 Å². The molecule has 1 saturated heterocycles. The fourth-order valence-corrected chi connectivity index (χ4v) is 1.94. The van der Waals surface area contributed by atoms with Crippen molar-refractivity contribution in [2.24, 2.45) is 0 Å². The molecule has 0 saturated carbocycles. The van der Waals surface area contributed by atoms with Crippen molar-refractivity contribution in [3.05, 3.63) is 18.0 Å². The Hall–Kier alpha value is -1.56. The number of nitrogens with zero attached hydrogens (tertiary/aromatic N) is 1. The van der Waals surface area contributed by atoms with Crippen LogP contribution >= 0.6 is 0 Å². The molecule has 1 fully saturated rings. The number of rotatable bonds is 5. The number of amides is 2. The van der Waals surface area contributed by atoms with Crippen LogP contribution in [-0.2, 0) is 11.3 Å². The monoisotopic (exact) mass is 253 g/mol. The lowest BCUT2D eigenvalue weighted by Crippen LogP contribution is -2.37. The maximum Gasteiger partial charge on any atom is 0.315 e. The molecule has 2 rings (SSSR count). The van der Waals surface area contributed by atoms with Crippen LogP contribution in [0.3, 0.4) is 0 Å². The van der Waals surface area contributed by atoms with Crippen molar-refractivity contribution in [2.45, 2.75) is 38.3 Å². The average molecular weight is 253 g/mol. The van der Waals surface area contributed by atoms with E-state index in [4.69, 9.17) is 4.74 Å². The molecule has 0 aromatic carbocycles. The quantitative estimate of drug-likeness (QED) is 0.832. The minimum atomic E-state index is -0.186. The van der Waals surface area contributed by atoms with Gasteiger partial charge in [-0.15, -0.1) is 0 Å². The van der Waals surface area contributed by atoms with E-state index in [1.807, 2.05) is 0 Å². The molecule has 18 heavy (non-hydrogen) atoms. The molecule has 2 heterocycles. The van der Waals surface area contributed by atoms with Crippen LogP contribution in [0, 0.1) is 0 Å². The number of carbonyl (C=O) groups excluding carboxylic acids is 1. The number of hydrogen-bond donors (Lipinski definition) is 2. The van der Waals surface area contributed by atoms with Gasteiger partial charge in [-0.05, 0) is 25.7 Å². The summed E-state index contributed by atoms with van der Waals surface area (Å²) in [5.74, 6) is 0. The van der Waals surface area contributed by atoms with Gasteiger partial charge in [0.2, 0.25) is 0 Å². The number of urea groups is 1. The first kappa shape index (κ1) is 12.9. The van der Waals surface area contributed by atoms with Gasteiger partial charge in [0.1, 0.15) is 12.0 Å². The van der Waals surface area contributed by atoms with E-state index in [0.717, 1.165) is 25.9 Å². The smallest absolute Gasteiger partial charge is 0.315 e. The van der Waals surface area contributed by atoms with Crippen LogP contribution in [0.15, 0.2) is 16.9 Å². The maximum atomic E-state index is 11.5. The molecule has 0 radical (unpaired) electrons. The van der Waals surface area contributed by atoms with Gasteiger partial charge >= 0.3 is 6.03 Å². The van der Waals surface area contributed by atoms with Crippen molar-refractivity contribution in [1.29, 1.82) is 0 Å². The Bertz CT molecular complexity index is 347. The van der Waals surface area contributed by atoms with E-state index < -0.39 is 0 Å². The zero-order valence-corrected chi connectivity index (χ0v) is 10.4. The minimum Gasteiger partial charge on any atom is -0.378 e. The summed E-state index contributed by atoms with van der Waals surface area (Å²) in [6.45, 7) is 1.86. The molecular weight excluding hydrogens is 234 g/mol. The van der Waals surface area contributed by atoms with Crippen LogP contribution in [-0.4, -0.2) is 30.4 Å². The Kier molecular flexibility index (Phi) is 5.01. The lowest BCUT2D eigenvalue weighted by atomic mass is 10.1. The number of nitrogens with one attached hydrogen (secondary N) is 2. The van der Waals surface area contributed by atoms with Gasteiger partial charge in [-0.25, -0.2) is 4.79 Å². The third-order valence-corrected chi connectivity index (χ3v) is 2.95. The van der Waals surface area contributed by atoms with Crippen LogP contribution in [0.25, 0.3) is 0 Å². The molecule has 0 bridgehead atoms. The van der Waals surface area contributed by atoms with Gasteiger partial charge in [-0.3, -0.25) is 0 Å². The molecule has 1 atom stereocenters. The SMILES string of the molecule is O=C(NCCC1CCCCO1)NCc1ccon1. The highest BCUT2D eigenvalue weighted by Gasteiger charge is 2.13. The fraction of sp³-hybridized carbons (Fsp3) is 0.667. The van der Waals surface area contributed by atoms with Crippen molar-refractivity contribution in [1.82, 2.24) is 15.8 Å². The third kappa shape index (κ3) is 4.37. The van der Waals surface area contributed by atoms with Gasteiger partial charge in [0.25, 0.3) is 0 Å². The first-order valence-corrected chi connectivity index (χ1v) is 6.37. The number of hydrogen-bond acceptors (Lipinski definition) is 4. The Labute approximate surface area is 106 Å².